The van der Waals surface area contributed by atoms with Crippen LogP contribution in [-0.4, -0.2) is 49.7 Å². The minimum absolute atomic E-state index is 0.178. The Morgan fingerprint density at radius 2 is 2.04 bits per heavy atom. The number of carbonyl (C=O) groups excluding carboxylic acids is 2. The van der Waals surface area contributed by atoms with E-state index in [0.717, 1.165) is 12.8 Å². The summed E-state index contributed by atoms with van der Waals surface area (Å²) in [6.45, 7) is 0.682. The minimum Gasteiger partial charge on any atom is -0.337 e. The van der Waals surface area contributed by atoms with E-state index in [1.165, 1.54) is 23.7 Å². The molecule has 1 aromatic heterocycles. The molecule has 150 valence electrons. The number of halogens is 1. The highest BCUT2D eigenvalue weighted by molar-refractivity contribution is 7.91. The molecule has 1 N–H and O–H groups in total. The lowest BCUT2D eigenvalue weighted by Gasteiger charge is -2.24. The number of hydrogen-bond acceptors (Lipinski definition) is 5. The van der Waals surface area contributed by atoms with Gasteiger partial charge in [0.1, 0.15) is 0 Å². The van der Waals surface area contributed by atoms with Gasteiger partial charge in [-0.3, -0.25) is 9.59 Å². The normalized spacial score (nSPS) is 17.8. The fraction of sp³-hybridized carbons (Fsp3) is 0.368. The lowest BCUT2D eigenvalue weighted by Crippen LogP contribution is -2.39. The van der Waals surface area contributed by atoms with Gasteiger partial charge < -0.3 is 10.2 Å². The first-order valence-corrected chi connectivity index (χ1v) is 12.1. The zero-order chi connectivity index (χ0) is 20.3. The summed E-state index contributed by atoms with van der Waals surface area (Å²) in [6.07, 6.45) is 3.30. The van der Waals surface area contributed by atoms with Crippen molar-refractivity contribution in [3.63, 3.8) is 0 Å². The second-order valence-electron chi connectivity index (χ2n) is 6.82. The van der Waals surface area contributed by atoms with Crippen LogP contribution in [0.25, 0.3) is 0 Å². The van der Waals surface area contributed by atoms with Crippen molar-refractivity contribution in [1.82, 2.24) is 4.90 Å². The number of hydrogen-bond donors (Lipinski definition) is 1. The smallest absolute Gasteiger partial charge is 0.265 e. The van der Waals surface area contributed by atoms with Gasteiger partial charge in [-0.1, -0.05) is 24.1 Å². The maximum absolute atomic E-state index is 13.0. The summed E-state index contributed by atoms with van der Waals surface area (Å²) in [5, 5.41) is 4.30. The Balaban J connectivity index is 1.80. The molecule has 2 heterocycles. The van der Waals surface area contributed by atoms with E-state index in [1.807, 2.05) is 0 Å². The topological polar surface area (TPSA) is 83.6 Å². The summed E-state index contributed by atoms with van der Waals surface area (Å²) >= 11 is 7.49. The van der Waals surface area contributed by atoms with Gasteiger partial charge in [-0.05, 0) is 42.5 Å². The van der Waals surface area contributed by atoms with Crippen LogP contribution in [0, 0.1) is 0 Å². The average molecular weight is 441 g/mol. The van der Waals surface area contributed by atoms with Gasteiger partial charge in [0, 0.05) is 24.9 Å². The second-order valence-corrected chi connectivity index (χ2v) is 10.5. The Hall–Kier alpha value is -1.90. The number of rotatable bonds is 4. The van der Waals surface area contributed by atoms with E-state index in [0.29, 0.717) is 34.1 Å². The number of benzene rings is 1. The quantitative estimate of drug-likeness (QED) is 0.785. The standard InChI is InChI=1S/C19H21ClN2O4S2/c1-28(25,26)14-5-2-3-9-22(12-14)19(24)13-7-8-15(20)16(11-13)21-18(23)17-6-4-10-27-17/h4,6-8,10-11,14H,2-3,5,9,12H2,1H3,(H,21,23)/t14-/m0/s1. The van der Waals surface area contributed by atoms with Crippen LogP contribution in [0.4, 0.5) is 5.69 Å². The molecular formula is C19H21ClN2O4S2. The monoisotopic (exact) mass is 440 g/mol. The molecule has 6 nitrogen and oxygen atoms in total. The molecule has 0 unspecified atom stereocenters. The molecule has 1 fully saturated rings. The van der Waals surface area contributed by atoms with Crippen LogP contribution in [0.15, 0.2) is 35.7 Å². The third-order valence-electron chi connectivity index (χ3n) is 4.73. The summed E-state index contributed by atoms with van der Waals surface area (Å²) in [6, 6.07) is 8.16. The number of likely N-dealkylation sites (tertiary alicyclic amines) is 1. The molecule has 0 saturated carbocycles. The van der Waals surface area contributed by atoms with E-state index in [4.69, 9.17) is 11.6 Å². The SMILES string of the molecule is CS(=O)(=O)[C@H]1CCCCN(C(=O)c2ccc(Cl)c(NC(=O)c3cccs3)c2)C1. The number of nitrogens with one attached hydrogen (secondary N) is 1. The van der Waals surface area contributed by atoms with E-state index in [-0.39, 0.29) is 18.4 Å². The van der Waals surface area contributed by atoms with Crippen molar-refractivity contribution < 1.29 is 18.0 Å². The third-order valence-corrected chi connectivity index (χ3v) is 7.52. The van der Waals surface area contributed by atoms with Crippen LogP contribution < -0.4 is 5.32 Å². The highest BCUT2D eigenvalue weighted by Gasteiger charge is 2.29. The molecule has 1 aromatic carbocycles. The van der Waals surface area contributed by atoms with Crippen LogP contribution in [0.2, 0.25) is 5.02 Å². The molecular weight excluding hydrogens is 420 g/mol. The van der Waals surface area contributed by atoms with Crippen molar-refractivity contribution in [3.05, 3.63) is 51.2 Å². The van der Waals surface area contributed by atoms with Gasteiger partial charge in [-0.2, -0.15) is 0 Å². The molecule has 2 aromatic rings. The first-order chi connectivity index (χ1) is 13.3. The first-order valence-electron chi connectivity index (χ1n) is 8.88. The van der Waals surface area contributed by atoms with E-state index < -0.39 is 15.1 Å². The summed E-state index contributed by atoms with van der Waals surface area (Å²) < 4.78 is 23.9. The van der Waals surface area contributed by atoms with Gasteiger partial charge in [0.15, 0.2) is 9.84 Å². The molecule has 0 aliphatic carbocycles. The van der Waals surface area contributed by atoms with Crippen LogP contribution in [0.1, 0.15) is 39.3 Å². The largest absolute Gasteiger partial charge is 0.337 e. The number of nitrogens with zero attached hydrogens (tertiary/aromatic N) is 1. The molecule has 0 radical (unpaired) electrons. The Morgan fingerprint density at radius 3 is 2.71 bits per heavy atom. The van der Waals surface area contributed by atoms with Gasteiger partial charge in [0.2, 0.25) is 0 Å². The van der Waals surface area contributed by atoms with E-state index in [1.54, 1.807) is 34.5 Å². The second kappa shape index (κ2) is 8.63. The molecule has 1 aliphatic rings. The van der Waals surface area contributed by atoms with E-state index >= 15 is 0 Å². The van der Waals surface area contributed by atoms with Gasteiger partial charge >= 0.3 is 0 Å². The number of anilines is 1. The third kappa shape index (κ3) is 4.92. The van der Waals surface area contributed by atoms with Crippen LogP contribution in [0.5, 0.6) is 0 Å². The van der Waals surface area contributed by atoms with E-state index in [2.05, 4.69) is 5.32 Å². The molecule has 0 bridgehead atoms. The Morgan fingerprint density at radius 1 is 1.25 bits per heavy atom. The summed E-state index contributed by atoms with van der Waals surface area (Å²) in [5.41, 5.74) is 0.709. The number of thiophene rings is 1. The Kier molecular flexibility index (Phi) is 6.42. The summed E-state index contributed by atoms with van der Waals surface area (Å²) in [7, 11) is -3.22. The fourth-order valence-electron chi connectivity index (χ4n) is 3.17. The molecule has 0 spiro atoms. The van der Waals surface area contributed by atoms with Crippen LogP contribution in [0.3, 0.4) is 0 Å². The fourth-order valence-corrected chi connectivity index (χ4v) is 4.99. The molecule has 2 amide bonds. The lowest BCUT2D eigenvalue weighted by atomic mass is 10.1. The zero-order valence-corrected chi connectivity index (χ0v) is 17.7. The maximum atomic E-state index is 13.0. The van der Waals surface area contributed by atoms with Crippen molar-refractivity contribution in [1.29, 1.82) is 0 Å². The van der Waals surface area contributed by atoms with Gasteiger partial charge in [0.05, 0.1) is 20.8 Å². The molecule has 28 heavy (non-hydrogen) atoms. The maximum Gasteiger partial charge on any atom is 0.265 e. The molecule has 1 atom stereocenters. The number of amides is 2. The molecule has 1 saturated heterocycles. The number of carbonyl (C=O) groups is 2. The minimum atomic E-state index is -3.22. The summed E-state index contributed by atoms with van der Waals surface area (Å²) in [5.74, 6) is -0.563. The van der Waals surface area contributed by atoms with Crippen LogP contribution in [-0.2, 0) is 9.84 Å². The lowest BCUT2D eigenvalue weighted by molar-refractivity contribution is 0.0762. The van der Waals surface area contributed by atoms with Gasteiger partial charge in [0.25, 0.3) is 11.8 Å². The first kappa shape index (κ1) is 20.8. The molecule has 9 heteroatoms. The van der Waals surface area contributed by atoms with Crippen molar-refractivity contribution in [2.75, 3.05) is 24.7 Å². The average Bonchev–Trinajstić information content (AvgIpc) is 3.06. The number of sulfone groups is 1. The van der Waals surface area contributed by atoms with Crippen LogP contribution >= 0.6 is 22.9 Å². The predicted octanol–water partition coefficient (Wildman–Crippen LogP) is 3.69. The van der Waals surface area contributed by atoms with Crippen molar-refractivity contribution in [2.24, 2.45) is 0 Å². The molecule has 1 aliphatic heterocycles. The Bertz CT molecular complexity index is 974. The van der Waals surface area contributed by atoms with E-state index in [9.17, 15) is 18.0 Å². The summed E-state index contributed by atoms with van der Waals surface area (Å²) in [4.78, 5) is 27.4. The highest BCUT2D eigenvalue weighted by atomic mass is 35.5. The highest BCUT2D eigenvalue weighted by Crippen LogP contribution is 2.26. The molecule has 3 rings (SSSR count). The van der Waals surface area contributed by atoms with Crippen molar-refractivity contribution >= 4 is 50.3 Å². The van der Waals surface area contributed by atoms with Gasteiger partial charge in [-0.15, -0.1) is 11.3 Å². The zero-order valence-electron chi connectivity index (χ0n) is 15.4. The van der Waals surface area contributed by atoms with Crippen molar-refractivity contribution in [2.45, 2.75) is 24.5 Å². The Labute approximate surface area is 173 Å². The predicted molar refractivity (Wildman–Crippen MR) is 112 cm³/mol. The van der Waals surface area contributed by atoms with Crippen molar-refractivity contribution in [3.8, 4) is 0 Å². The van der Waals surface area contributed by atoms with Gasteiger partial charge in [-0.25, -0.2) is 8.42 Å².